The number of amides is 2. The van der Waals surface area contributed by atoms with E-state index in [1.807, 2.05) is 13.8 Å². The van der Waals surface area contributed by atoms with Crippen molar-refractivity contribution in [3.63, 3.8) is 0 Å². The molecule has 2 atom stereocenters. The molecule has 1 aromatic rings. The van der Waals surface area contributed by atoms with Crippen LogP contribution in [0.25, 0.3) is 0 Å². The Morgan fingerprint density at radius 3 is 2.44 bits per heavy atom. The highest BCUT2D eigenvalue weighted by Crippen LogP contribution is 2.59. The maximum atomic E-state index is 12.2. The second-order valence-electron chi connectivity index (χ2n) is 6.15. The molecular formula is C15H14Cl3N3O4. The number of benzene rings is 1. The molecule has 1 aromatic carbocycles. The first kappa shape index (κ1) is 19.5. The smallest absolute Gasteiger partial charge is 0.271 e. The van der Waals surface area contributed by atoms with Crippen LogP contribution in [0, 0.1) is 27.4 Å². The molecule has 2 rings (SSSR count). The zero-order valence-corrected chi connectivity index (χ0v) is 15.4. The number of rotatable bonds is 4. The van der Waals surface area contributed by atoms with E-state index < -0.39 is 22.7 Å². The molecule has 0 spiro atoms. The minimum Gasteiger partial charge on any atom is -0.273 e. The Morgan fingerprint density at radius 1 is 1.28 bits per heavy atom. The van der Waals surface area contributed by atoms with Gasteiger partial charge in [0.05, 0.1) is 21.4 Å². The Morgan fingerprint density at radius 2 is 1.92 bits per heavy atom. The van der Waals surface area contributed by atoms with Gasteiger partial charge in [0.25, 0.3) is 11.6 Å². The third-order valence-corrected chi connectivity index (χ3v) is 4.77. The van der Waals surface area contributed by atoms with Gasteiger partial charge in [-0.1, -0.05) is 48.7 Å². The fourth-order valence-electron chi connectivity index (χ4n) is 2.69. The van der Waals surface area contributed by atoms with Gasteiger partial charge in [-0.25, -0.2) is 0 Å². The van der Waals surface area contributed by atoms with Crippen molar-refractivity contribution < 1.29 is 14.5 Å². The number of carbonyl (C=O) groups is 2. The van der Waals surface area contributed by atoms with Crippen LogP contribution in [0.1, 0.15) is 24.2 Å². The molecule has 1 aliphatic carbocycles. The van der Waals surface area contributed by atoms with Gasteiger partial charge in [0.15, 0.2) is 0 Å². The molecular weight excluding hydrogens is 393 g/mol. The van der Waals surface area contributed by atoms with E-state index in [1.165, 1.54) is 6.07 Å². The number of hydrazine groups is 1. The second-order valence-corrected chi connectivity index (χ2v) is 7.56. The molecule has 25 heavy (non-hydrogen) atoms. The number of carbonyl (C=O) groups excluding carboxylic acids is 2. The van der Waals surface area contributed by atoms with Crippen LogP contribution in [0.4, 0.5) is 5.69 Å². The summed E-state index contributed by atoms with van der Waals surface area (Å²) in [6, 6.07) is 3.42. The van der Waals surface area contributed by atoms with E-state index in [0.29, 0.717) is 0 Å². The van der Waals surface area contributed by atoms with E-state index in [1.54, 1.807) is 6.08 Å². The molecule has 0 heterocycles. The lowest BCUT2D eigenvalue weighted by atomic mass is 10.1. The number of nitrogens with one attached hydrogen (secondary N) is 2. The molecule has 7 nitrogen and oxygen atoms in total. The number of non-ortho nitro benzene ring substituents is 1. The van der Waals surface area contributed by atoms with Crippen LogP contribution in [0.15, 0.2) is 28.8 Å². The third kappa shape index (κ3) is 4.23. The maximum Gasteiger partial charge on any atom is 0.271 e. The van der Waals surface area contributed by atoms with Crippen molar-refractivity contribution in [2.75, 3.05) is 0 Å². The Bertz CT molecular complexity index is 775. The first-order valence-electron chi connectivity index (χ1n) is 7.12. The van der Waals surface area contributed by atoms with Crippen molar-refractivity contribution in [1.29, 1.82) is 0 Å². The van der Waals surface area contributed by atoms with Crippen LogP contribution in [-0.2, 0) is 4.79 Å². The Kier molecular flexibility index (Phi) is 5.61. The highest BCUT2D eigenvalue weighted by atomic mass is 35.5. The van der Waals surface area contributed by atoms with Crippen molar-refractivity contribution in [1.82, 2.24) is 10.9 Å². The number of hydrogen-bond acceptors (Lipinski definition) is 4. The molecule has 1 saturated carbocycles. The van der Waals surface area contributed by atoms with Gasteiger partial charge in [-0.15, -0.1) is 0 Å². The van der Waals surface area contributed by atoms with Gasteiger partial charge in [-0.3, -0.25) is 30.6 Å². The van der Waals surface area contributed by atoms with Crippen LogP contribution in [0.5, 0.6) is 0 Å². The van der Waals surface area contributed by atoms with Crippen LogP contribution in [0.3, 0.4) is 0 Å². The van der Waals surface area contributed by atoms with Crippen LogP contribution >= 0.6 is 34.8 Å². The molecule has 10 heteroatoms. The van der Waals surface area contributed by atoms with E-state index in [9.17, 15) is 19.7 Å². The molecule has 0 aliphatic heterocycles. The highest BCUT2D eigenvalue weighted by molar-refractivity contribution is 6.55. The molecule has 0 aromatic heterocycles. The predicted molar refractivity (Wildman–Crippen MR) is 94.3 cm³/mol. The van der Waals surface area contributed by atoms with Crippen molar-refractivity contribution in [3.8, 4) is 0 Å². The average molecular weight is 407 g/mol. The number of halogens is 3. The zero-order valence-electron chi connectivity index (χ0n) is 13.2. The van der Waals surface area contributed by atoms with Gasteiger partial charge in [0, 0.05) is 12.1 Å². The van der Waals surface area contributed by atoms with Crippen LogP contribution in [0.2, 0.25) is 5.02 Å². The lowest BCUT2D eigenvalue weighted by Gasteiger charge is -2.09. The van der Waals surface area contributed by atoms with E-state index >= 15 is 0 Å². The lowest BCUT2D eigenvalue weighted by Crippen LogP contribution is -2.43. The largest absolute Gasteiger partial charge is 0.273 e. The summed E-state index contributed by atoms with van der Waals surface area (Å²) < 4.78 is 0.0788. The lowest BCUT2D eigenvalue weighted by molar-refractivity contribution is -0.384. The van der Waals surface area contributed by atoms with Crippen molar-refractivity contribution in [2.45, 2.75) is 13.8 Å². The highest BCUT2D eigenvalue weighted by Gasteiger charge is 2.60. The predicted octanol–water partition coefficient (Wildman–Crippen LogP) is 3.60. The SMILES string of the molecule is CC1(C)[C@@H](C=C(Cl)Cl)[C@@H]1C(=O)NNC(=O)c1ccc([N+](=O)[O-])cc1Cl. The van der Waals surface area contributed by atoms with E-state index in [4.69, 9.17) is 34.8 Å². The van der Waals surface area contributed by atoms with Gasteiger partial charge in [0.2, 0.25) is 5.91 Å². The summed E-state index contributed by atoms with van der Waals surface area (Å²) in [5.41, 5.74) is 3.99. The molecule has 0 saturated heterocycles. The fraction of sp³-hybridized carbons (Fsp3) is 0.333. The number of allylic oxidation sites excluding steroid dienone is 1. The second kappa shape index (κ2) is 7.19. The fourth-order valence-corrected chi connectivity index (χ4v) is 3.22. The monoisotopic (exact) mass is 405 g/mol. The summed E-state index contributed by atoms with van der Waals surface area (Å²) in [7, 11) is 0. The first-order valence-corrected chi connectivity index (χ1v) is 8.26. The van der Waals surface area contributed by atoms with Gasteiger partial charge in [-0.05, 0) is 23.5 Å². The Balaban J connectivity index is 2.00. The molecule has 2 N–H and O–H groups in total. The zero-order chi connectivity index (χ0) is 18.9. The molecule has 134 valence electrons. The van der Waals surface area contributed by atoms with Crippen LogP contribution in [-0.4, -0.2) is 16.7 Å². The Labute approximate surface area is 158 Å². The first-order chi connectivity index (χ1) is 11.6. The number of nitrogens with zero attached hydrogens (tertiary/aromatic N) is 1. The van der Waals surface area contributed by atoms with Crippen molar-refractivity contribution in [2.24, 2.45) is 17.3 Å². The summed E-state index contributed by atoms with van der Waals surface area (Å²) in [4.78, 5) is 34.3. The van der Waals surface area contributed by atoms with Gasteiger partial charge in [0.1, 0.15) is 4.49 Å². The molecule has 0 bridgehead atoms. The molecule has 2 amide bonds. The number of nitro groups is 1. The van der Waals surface area contributed by atoms with Crippen LogP contribution < -0.4 is 10.9 Å². The number of nitro benzene ring substituents is 1. The van der Waals surface area contributed by atoms with E-state index in [0.717, 1.165) is 12.1 Å². The summed E-state index contributed by atoms with van der Waals surface area (Å²) in [5.74, 6) is -1.62. The molecule has 0 unspecified atom stereocenters. The standard InChI is InChI=1S/C15H14Cl3N3O4/c1-15(2)9(6-11(17)18)12(15)14(23)20-19-13(22)8-4-3-7(21(24)25)5-10(8)16/h3-6,9,12H,1-2H3,(H,19,22)(H,20,23)/t9-,12+/m0/s1. The maximum absolute atomic E-state index is 12.2. The summed E-state index contributed by atoms with van der Waals surface area (Å²) in [6.07, 6.45) is 1.59. The Hall–Kier alpha value is -1.83. The summed E-state index contributed by atoms with van der Waals surface area (Å²) in [6.45, 7) is 3.76. The van der Waals surface area contributed by atoms with Crippen molar-refractivity contribution in [3.05, 3.63) is 49.5 Å². The molecule has 1 aliphatic rings. The van der Waals surface area contributed by atoms with Gasteiger partial charge < -0.3 is 0 Å². The van der Waals surface area contributed by atoms with Crippen molar-refractivity contribution >= 4 is 52.3 Å². The number of hydrogen-bond donors (Lipinski definition) is 2. The third-order valence-electron chi connectivity index (χ3n) is 4.21. The van der Waals surface area contributed by atoms with Gasteiger partial charge >= 0.3 is 0 Å². The molecule has 0 radical (unpaired) electrons. The summed E-state index contributed by atoms with van der Waals surface area (Å²) >= 11 is 17.1. The van der Waals surface area contributed by atoms with E-state index in [-0.39, 0.29) is 32.1 Å². The topological polar surface area (TPSA) is 101 Å². The summed E-state index contributed by atoms with van der Waals surface area (Å²) in [5, 5.41) is 10.6. The minimum atomic E-state index is -0.686. The minimum absolute atomic E-state index is 0.00266. The normalized spacial score (nSPS) is 20.4. The quantitative estimate of drug-likeness (QED) is 0.589. The average Bonchev–Trinajstić information content (AvgIpc) is 3.04. The molecule has 1 fully saturated rings. The van der Waals surface area contributed by atoms with E-state index in [2.05, 4.69) is 10.9 Å². The van der Waals surface area contributed by atoms with Gasteiger partial charge in [-0.2, -0.15) is 0 Å².